The predicted molar refractivity (Wildman–Crippen MR) is 413 cm³/mol. The Morgan fingerprint density at radius 3 is 0.440 bits per heavy atom. The van der Waals surface area contributed by atoms with E-state index in [0.717, 1.165) is 0 Å². The van der Waals surface area contributed by atoms with Crippen molar-refractivity contribution in [2.75, 3.05) is 0 Å². The van der Waals surface area contributed by atoms with E-state index >= 15 is 0 Å². The zero-order chi connectivity index (χ0) is 65.8. The quantitative estimate of drug-likeness (QED) is 0.0845. The first-order chi connectivity index (χ1) is 44.4. The summed E-state index contributed by atoms with van der Waals surface area (Å²) in [4.78, 5) is 0. The molecule has 0 aliphatic carbocycles. The van der Waals surface area contributed by atoms with E-state index < -0.39 is 24.2 Å². The predicted octanol–water partition coefficient (Wildman–Crippen LogP) is 15.8. The summed E-state index contributed by atoms with van der Waals surface area (Å²) in [5.74, 6) is 0. The molecule has 91 heavy (non-hydrogen) atoms. The van der Waals surface area contributed by atoms with Crippen LogP contribution in [0.5, 0.6) is 0 Å². The van der Waals surface area contributed by atoms with E-state index in [2.05, 4.69) is 371 Å². The lowest BCUT2D eigenvalue weighted by Crippen LogP contribution is -2.75. The van der Waals surface area contributed by atoms with Crippen LogP contribution in [0.2, 0.25) is 0 Å². The topological polar surface area (TPSA) is 0 Å². The first-order valence-corrected chi connectivity index (χ1v) is 39.2. The third-order valence-electron chi connectivity index (χ3n) is 16.6. The molecule has 12 aromatic rings. The van der Waals surface area contributed by atoms with E-state index in [-0.39, 0.29) is 0 Å². The minimum absolute atomic E-state index is 1.30. The molecule has 0 N–H and O–H groups in total. The average molecular weight is 1240 g/mol. The van der Waals surface area contributed by atoms with Crippen LogP contribution in [0.4, 0.5) is 0 Å². The molecule has 0 unspecified atom stereocenters. The summed E-state index contributed by atoms with van der Waals surface area (Å²) in [6.07, 6.45) is 0. The Bertz CT molecular complexity index is 3470. The van der Waals surface area contributed by atoms with Gasteiger partial charge < -0.3 is 0 Å². The maximum Gasteiger partial charge on any atom is 0.179 e. The molecular formula is C88H100Si3. The van der Waals surface area contributed by atoms with Gasteiger partial charge in [0.25, 0.3) is 0 Å². The van der Waals surface area contributed by atoms with Crippen molar-refractivity contribution in [3.8, 4) is 0 Å². The minimum Gasteiger partial charge on any atom is -0.0683 e. The van der Waals surface area contributed by atoms with Crippen LogP contribution in [-0.2, 0) is 0 Å². The van der Waals surface area contributed by atoms with E-state index in [1.165, 1.54) is 107 Å². The Kier molecular flexibility index (Phi) is 27.9. The molecule has 0 amide bonds. The van der Waals surface area contributed by atoms with Crippen LogP contribution >= 0.6 is 0 Å². The number of hydrogen-bond donors (Lipinski definition) is 0. The maximum atomic E-state index is 2.40. The maximum absolute atomic E-state index is 2.43. The highest BCUT2D eigenvalue weighted by Crippen LogP contribution is 2.16. The highest BCUT2D eigenvalue weighted by atomic mass is 28.3. The average Bonchev–Trinajstić information content (AvgIpc) is 0.782. The molecule has 3 heteroatoms. The fourth-order valence-corrected chi connectivity index (χ4v) is 27.1. The largest absolute Gasteiger partial charge is 0.179 e. The Balaban J connectivity index is 0.000000206. The summed E-state index contributed by atoms with van der Waals surface area (Å²) in [6, 6.07) is 117. The number of rotatable bonds is 12. The fraction of sp³-hybridized carbons (Fsp3) is 0.182. The molecule has 12 rings (SSSR count). The zero-order valence-corrected chi connectivity index (χ0v) is 60.5. The normalized spacial score (nSPS) is 10.6. The van der Waals surface area contributed by atoms with Gasteiger partial charge in [0.05, 0.1) is 0 Å². The molecular weight excluding hydrogens is 1140 g/mol. The van der Waals surface area contributed by atoms with Gasteiger partial charge >= 0.3 is 0 Å². The molecule has 0 fully saturated rings. The van der Waals surface area contributed by atoms with Crippen molar-refractivity contribution < 1.29 is 0 Å². The van der Waals surface area contributed by atoms with Crippen LogP contribution in [0, 0.1) is 55.4 Å². The number of benzene rings is 12. The fourth-order valence-electron chi connectivity index (χ4n) is 12.5. The van der Waals surface area contributed by atoms with Gasteiger partial charge in [-0.2, -0.15) is 0 Å². The number of hydrogen-bond acceptors (Lipinski definition) is 0. The molecule has 0 aliphatic rings. The van der Waals surface area contributed by atoms with E-state index in [9.17, 15) is 0 Å². The van der Waals surface area contributed by atoms with E-state index in [0.29, 0.717) is 0 Å². The molecule has 0 aromatic heterocycles. The van der Waals surface area contributed by atoms with Crippen molar-refractivity contribution in [1.82, 2.24) is 0 Å². The van der Waals surface area contributed by atoms with Crippen LogP contribution < -0.4 is 62.2 Å². The second-order valence-corrected chi connectivity index (χ2v) is 34.1. The van der Waals surface area contributed by atoms with Gasteiger partial charge in [-0.3, -0.25) is 0 Å². The van der Waals surface area contributed by atoms with E-state index in [4.69, 9.17) is 0 Å². The second-order valence-electron chi connectivity index (χ2n) is 22.7. The second kappa shape index (κ2) is 35.6. The van der Waals surface area contributed by atoms with Crippen molar-refractivity contribution in [3.05, 3.63) is 360 Å². The highest BCUT2D eigenvalue weighted by molar-refractivity contribution is 7.21. The van der Waals surface area contributed by atoms with Crippen molar-refractivity contribution in [2.24, 2.45) is 0 Å². The van der Waals surface area contributed by atoms with Crippen molar-refractivity contribution >= 4 is 86.5 Å². The molecule has 0 saturated heterocycles. The summed E-state index contributed by atoms with van der Waals surface area (Å²) in [5, 5.41) is 17.2. The SMILES string of the molecule is CC.CC.CC.CC.Cc1ccc([Si](c2ccc(C)cc2)(c2ccc(C)cc2)c2ccc(C)cc2)cc1.Cc1cccc([Si](c2cccc(C)c2)(c2cccc(C)c2)c2cccc(C)c2)c1.c1ccc([Si](c2ccccc2)(c2ccccc2)c2ccccc2)cc1. The lowest BCUT2D eigenvalue weighted by molar-refractivity contribution is 1.46. The molecule has 464 valence electrons. The Morgan fingerprint density at radius 1 is 0.132 bits per heavy atom. The molecule has 0 heterocycles. The van der Waals surface area contributed by atoms with Crippen molar-refractivity contribution in [2.45, 2.75) is 111 Å². The van der Waals surface area contributed by atoms with Gasteiger partial charge in [0.1, 0.15) is 0 Å². The van der Waals surface area contributed by atoms with Crippen LogP contribution in [0.25, 0.3) is 0 Å². The molecule has 0 radical (unpaired) electrons. The molecule has 0 nitrogen and oxygen atoms in total. The van der Waals surface area contributed by atoms with Gasteiger partial charge in [-0.25, -0.2) is 0 Å². The Morgan fingerprint density at radius 2 is 0.275 bits per heavy atom. The van der Waals surface area contributed by atoms with Crippen molar-refractivity contribution in [1.29, 1.82) is 0 Å². The molecule has 0 bridgehead atoms. The first kappa shape index (κ1) is 71.4. The molecule has 0 spiro atoms. The molecule has 0 atom stereocenters. The van der Waals surface area contributed by atoms with Gasteiger partial charge in [0, 0.05) is 0 Å². The minimum atomic E-state index is -2.43. The molecule has 0 aliphatic heterocycles. The van der Waals surface area contributed by atoms with Gasteiger partial charge in [-0.1, -0.05) is 415 Å². The lowest BCUT2D eigenvalue weighted by atomic mass is 10.2. The first-order valence-electron chi connectivity index (χ1n) is 33.2. The summed E-state index contributed by atoms with van der Waals surface area (Å²) >= 11 is 0. The van der Waals surface area contributed by atoms with E-state index in [1.807, 2.05) is 55.4 Å². The Labute approximate surface area is 553 Å². The molecule has 0 saturated carbocycles. The standard InChI is InChI=1S/2C28H28Si.C24H20Si.4C2H6/c1-21-5-13-25(14-6-21)29(26-15-7-22(2)8-16-26,27-17-9-23(3)10-18-27)28-19-11-24(4)12-20-28;1-21-9-5-13-25(17-21)29(26-14-6-10-22(2)18-26,27-15-7-11-23(3)19-27)28-16-8-12-24(4)20-28;1-5-13-21(14-6-1)25(22-15-7-2-8-16-22,23-17-9-3-10-18-23)24-19-11-4-12-20-24;4*1-2/h2*5-20H,1-4H3;1-20H;4*1-2H3. The van der Waals surface area contributed by atoms with Crippen LogP contribution in [-0.4, -0.2) is 24.2 Å². The summed E-state index contributed by atoms with van der Waals surface area (Å²) in [7, 11) is -7.12. The summed E-state index contributed by atoms with van der Waals surface area (Å²) in [6.45, 7) is 33.5. The van der Waals surface area contributed by atoms with Gasteiger partial charge in [0.15, 0.2) is 24.2 Å². The number of aryl methyl sites for hydroxylation is 8. The van der Waals surface area contributed by atoms with E-state index in [1.54, 1.807) is 0 Å². The van der Waals surface area contributed by atoms with Crippen LogP contribution in [0.1, 0.15) is 99.9 Å². The van der Waals surface area contributed by atoms with Crippen LogP contribution in [0.15, 0.2) is 315 Å². The zero-order valence-electron chi connectivity index (χ0n) is 57.5. The smallest absolute Gasteiger partial charge is 0.0683 e. The Hall–Kier alpha value is -8.71. The van der Waals surface area contributed by atoms with Crippen LogP contribution in [0.3, 0.4) is 0 Å². The van der Waals surface area contributed by atoms with Gasteiger partial charge in [-0.05, 0) is 118 Å². The van der Waals surface area contributed by atoms with Crippen molar-refractivity contribution in [3.63, 3.8) is 0 Å². The van der Waals surface area contributed by atoms with Gasteiger partial charge in [0.2, 0.25) is 0 Å². The highest BCUT2D eigenvalue weighted by Gasteiger charge is 2.44. The monoisotopic (exact) mass is 1240 g/mol. The summed E-state index contributed by atoms with van der Waals surface area (Å²) in [5.41, 5.74) is 10.4. The molecule has 12 aromatic carbocycles. The third-order valence-corrected chi connectivity index (χ3v) is 30.9. The summed E-state index contributed by atoms with van der Waals surface area (Å²) < 4.78 is 0. The van der Waals surface area contributed by atoms with Gasteiger partial charge in [-0.15, -0.1) is 0 Å². The lowest BCUT2D eigenvalue weighted by Gasteiger charge is -2.35. The third kappa shape index (κ3) is 16.6.